The Hall–Kier alpha value is -4.34. The number of ether oxygens (including phenoxy) is 1. The lowest BCUT2D eigenvalue weighted by Gasteiger charge is -2.35. The number of hydrogen-bond donors (Lipinski definition) is 3. The molecule has 1 aliphatic heterocycles. The summed E-state index contributed by atoms with van der Waals surface area (Å²) in [6, 6.07) is 15.5. The highest BCUT2D eigenvalue weighted by Gasteiger charge is 2.21. The number of methoxy groups -OCH3 is 1. The summed E-state index contributed by atoms with van der Waals surface area (Å²) in [5.74, 6) is -0.0108. The van der Waals surface area contributed by atoms with Gasteiger partial charge >= 0.3 is 0 Å². The van der Waals surface area contributed by atoms with Gasteiger partial charge in [0.1, 0.15) is 5.56 Å². The van der Waals surface area contributed by atoms with E-state index in [-0.39, 0.29) is 29.1 Å². The first-order valence-electron chi connectivity index (χ1n) is 11.3. The molecule has 2 aromatic carbocycles. The maximum absolute atomic E-state index is 12.1. The summed E-state index contributed by atoms with van der Waals surface area (Å²) in [5, 5.41) is 6.32. The molecule has 1 aromatic heterocycles. The molecule has 0 radical (unpaired) electrons. The van der Waals surface area contributed by atoms with Crippen molar-refractivity contribution in [1.82, 2.24) is 14.9 Å². The number of benzene rings is 2. The number of aryl methyl sites for hydroxylation is 1. The van der Waals surface area contributed by atoms with Gasteiger partial charge < -0.3 is 30.9 Å². The Morgan fingerprint density at radius 1 is 0.971 bits per heavy atom. The lowest BCUT2D eigenvalue weighted by atomic mass is 10.2. The van der Waals surface area contributed by atoms with Crippen LogP contribution in [0.3, 0.4) is 0 Å². The lowest BCUT2D eigenvalue weighted by Crippen LogP contribution is -2.48. The minimum Gasteiger partial charge on any atom is -0.480 e. The molecule has 3 aromatic rings. The van der Waals surface area contributed by atoms with Crippen LogP contribution < -0.4 is 26.0 Å². The van der Waals surface area contributed by atoms with Crippen molar-refractivity contribution in [2.45, 2.75) is 13.8 Å². The molecule has 0 saturated carbocycles. The fraction of sp³-hybridized carbons (Fsp3) is 0.280. The van der Waals surface area contributed by atoms with E-state index in [0.717, 1.165) is 35.7 Å². The standard InChI is InChI=1S/C25H29N7O3/c1-16-5-4-6-19(15-16)27-23-21(22(26)34)24(35-3)30-25(29-23)28-18-7-9-20(10-8-18)32-13-11-31(12-14-32)17(2)33/h4-10,15H,11-14H2,1-3H3,(H2,26,34)(H2,27,28,29,30). The third-order valence-corrected chi connectivity index (χ3v) is 5.81. The van der Waals surface area contributed by atoms with Crippen molar-refractivity contribution in [3.8, 4) is 5.88 Å². The van der Waals surface area contributed by atoms with Gasteiger partial charge in [0.2, 0.25) is 17.7 Å². The minimum absolute atomic E-state index is 0.0691. The average Bonchev–Trinajstić information content (AvgIpc) is 2.84. The molecule has 4 rings (SSSR count). The molecule has 10 heteroatoms. The maximum Gasteiger partial charge on any atom is 0.258 e. The van der Waals surface area contributed by atoms with E-state index in [1.165, 1.54) is 7.11 Å². The van der Waals surface area contributed by atoms with Gasteiger partial charge in [-0.25, -0.2) is 0 Å². The Morgan fingerprint density at radius 3 is 2.29 bits per heavy atom. The summed E-state index contributed by atoms with van der Waals surface area (Å²) in [7, 11) is 1.43. The highest BCUT2D eigenvalue weighted by molar-refractivity contribution is 6.00. The molecule has 182 valence electrons. The maximum atomic E-state index is 12.1. The molecule has 35 heavy (non-hydrogen) atoms. The molecule has 4 N–H and O–H groups in total. The molecule has 1 aliphatic rings. The number of rotatable bonds is 7. The van der Waals surface area contributed by atoms with Crippen molar-refractivity contribution in [3.63, 3.8) is 0 Å². The van der Waals surface area contributed by atoms with Crippen molar-refractivity contribution in [3.05, 3.63) is 59.7 Å². The molecule has 2 amide bonds. The molecule has 10 nitrogen and oxygen atoms in total. The van der Waals surface area contributed by atoms with Crippen LogP contribution in [0.1, 0.15) is 22.8 Å². The second-order valence-corrected chi connectivity index (χ2v) is 8.30. The van der Waals surface area contributed by atoms with E-state index >= 15 is 0 Å². The van der Waals surface area contributed by atoms with Crippen molar-refractivity contribution in [2.24, 2.45) is 5.73 Å². The van der Waals surface area contributed by atoms with Crippen molar-refractivity contribution in [2.75, 3.05) is 48.8 Å². The highest BCUT2D eigenvalue weighted by Crippen LogP contribution is 2.29. The van der Waals surface area contributed by atoms with Crippen LogP contribution in [0.4, 0.5) is 28.8 Å². The quantitative estimate of drug-likeness (QED) is 0.476. The summed E-state index contributed by atoms with van der Waals surface area (Å²) in [6.07, 6.45) is 0. The van der Waals surface area contributed by atoms with Crippen molar-refractivity contribution in [1.29, 1.82) is 0 Å². The van der Waals surface area contributed by atoms with Gasteiger partial charge in [-0.05, 0) is 48.9 Å². The predicted molar refractivity (Wildman–Crippen MR) is 136 cm³/mol. The number of nitrogens with one attached hydrogen (secondary N) is 2. The van der Waals surface area contributed by atoms with E-state index in [1.807, 2.05) is 60.4 Å². The van der Waals surface area contributed by atoms with Gasteiger partial charge in [0.25, 0.3) is 5.91 Å². The van der Waals surface area contributed by atoms with Gasteiger partial charge in [-0.3, -0.25) is 9.59 Å². The fourth-order valence-corrected chi connectivity index (χ4v) is 3.98. The molecule has 0 unspecified atom stereocenters. The second kappa shape index (κ2) is 10.3. The normalized spacial score (nSPS) is 13.3. The summed E-state index contributed by atoms with van der Waals surface area (Å²) in [5.41, 5.74) is 9.33. The highest BCUT2D eigenvalue weighted by atomic mass is 16.5. The van der Waals surface area contributed by atoms with E-state index in [2.05, 4.69) is 25.5 Å². The molecule has 0 aliphatic carbocycles. The van der Waals surface area contributed by atoms with E-state index in [1.54, 1.807) is 6.92 Å². The van der Waals surface area contributed by atoms with Crippen molar-refractivity contribution < 1.29 is 14.3 Å². The fourth-order valence-electron chi connectivity index (χ4n) is 3.98. The van der Waals surface area contributed by atoms with Crippen LogP contribution in [0.15, 0.2) is 48.5 Å². The summed E-state index contributed by atoms with van der Waals surface area (Å²) in [6.45, 7) is 6.58. The molecule has 1 saturated heterocycles. The Balaban J connectivity index is 1.54. The SMILES string of the molecule is COc1nc(Nc2ccc(N3CCN(C(C)=O)CC3)cc2)nc(Nc2cccc(C)c2)c1C(N)=O. The first-order chi connectivity index (χ1) is 16.8. The first kappa shape index (κ1) is 23.8. The van der Waals surface area contributed by atoms with E-state index in [0.29, 0.717) is 13.1 Å². The third-order valence-electron chi connectivity index (χ3n) is 5.81. The molecular formula is C25H29N7O3. The van der Waals surface area contributed by atoms with Crippen LogP contribution >= 0.6 is 0 Å². The Bertz CT molecular complexity index is 1220. The van der Waals surface area contributed by atoms with Gasteiger partial charge in [0.15, 0.2) is 5.82 Å². The van der Waals surface area contributed by atoms with E-state index in [9.17, 15) is 9.59 Å². The summed E-state index contributed by atoms with van der Waals surface area (Å²) in [4.78, 5) is 36.6. The topological polar surface area (TPSA) is 126 Å². The van der Waals surface area contributed by atoms with Crippen molar-refractivity contribution >= 4 is 40.6 Å². The van der Waals surface area contributed by atoms with Gasteiger partial charge in [0.05, 0.1) is 7.11 Å². The molecule has 2 heterocycles. The van der Waals surface area contributed by atoms with Crippen LogP contribution in [0.25, 0.3) is 0 Å². The number of hydrogen-bond acceptors (Lipinski definition) is 8. The number of piperazine rings is 1. The van der Waals surface area contributed by atoms with Gasteiger partial charge in [-0.2, -0.15) is 9.97 Å². The average molecular weight is 476 g/mol. The number of carbonyl (C=O) groups excluding carboxylic acids is 2. The van der Waals surface area contributed by atoms with Crippen LogP contribution in [0.2, 0.25) is 0 Å². The number of anilines is 5. The zero-order valence-corrected chi connectivity index (χ0v) is 20.0. The van der Waals surface area contributed by atoms with Crippen LogP contribution in [0.5, 0.6) is 5.88 Å². The number of amides is 2. The smallest absolute Gasteiger partial charge is 0.258 e. The van der Waals surface area contributed by atoms with Crippen LogP contribution in [0, 0.1) is 6.92 Å². The van der Waals surface area contributed by atoms with Gasteiger partial charge in [-0.1, -0.05) is 12.1 Å². The first-order valence-corrected chi connectivity index (χ1v) is 11.3. The third kappa shape index (κ3) is 5.60. The number of primary amides is 1. The zero-order valence-electron chi connectivity index (χ0n) is 20.0. The van der Waals surface area contributed by atoms with Crippen LogP contribution in [-0.4, -0.2) is 60.0 Å². The Kier molecular flexibility index (Phi) is 7.00. The lowest BCUT2D eigenvalue weighted by molar-refractivity contribution is -0.129. The molecule has 0 atom stereocenters. The van der Waals surface area contributed by atoms with E-state index in [4.69, 9.17) is 10.5 Å². The summed E-state index contributed by atoms with van der Waals surface area (Å²) >= 11 is 0. The number of carbonyl (C=O) groups is 2. The molecular weight excluding hydrogens is 446 g/mol. The number of nitrogens with two attached hydrogens (primary N) is 1. The monoisotopic (exact) mass is 475 g/mol. The van der Waals surface area contributed by atoms with Gasteiger partial charge in [-0.15, -0.1) is 0 Å². The molecule has 1 fully saturated rings. The zero-order chi connectivity index (χ0) is 24.9. The summed E-state index contributed by atoms with van der Waals surface area (Å²) < 4.78 is 5.34. The largest absolute Gasteiger partial charge is 0.480 e. The van der Waals surface area contributed by atoms with Crippen LogP contribution in [-0.2, 0) is 4.79 Å². The predicted octanol–water partition coefficient (Wildman–Crippen LogP) is 3.05. The molecule has 0 spiro atoms. The van der Waals surface area contributed by atoms with E-state index < -0.39 is 5.91 Å². The molecule has 0 bridgehead atoms. The number of nitrogens with zero attached hydrogens (tertiary/aromatic N) is 4. The Morgan fingerprint density at radius 2 is 1.69 bits per heavy atom. The second-order valence-electron chi connectivity index (χ2n) is 8.30. The Labute approximate surface area is 204 Å². The van der Waals surface area contributed by atoms with Gasteiger partial charge in [0, 0.05) is 50.2 Å². The number of aromatic nitrogens is 2. The minimum atomic E-state index is -0.697.